The Bertz CT molecular complexity index is 1420. The number of benzene rings is 2. The van der Waals surface area contributed by atoms with Crippen LogP contribution in [-0.4, -0.2) is 70.2 Å². The van der Waals surface area contributed by atoms with Crippen LogP contribution in [0.15, 0.2) is 42.5 Å². The monoisotopic (exact) mass is 557 g/mol. The number of aromatic nitrogens is 1. The average Bonchev–Trinajstić information content (AvgIpc) is 3.22. The van der Waals surface area contributed by atoms with E-state index in [2.05, 4.69) is 11.0 Å². The lowest BCUT2D eigenvalue weighted by molar-refractivity contribution is 0.0193. The smallest absolute Gasteiger partial charge is 0.337 e. The quantitative estimate of drug-likeness (QED) is 0.451. The summed E-state index contributed by atoms with van der Waals surface area (Å²) in [5.41, 5.74) is 3.02. The zero-order valence-corrected chi connectivity index (χ0v) is 22.5. The van der Waals surface area contributed by atoms with Crippen molar-refractivity contribution in [2.24, 2.45) is 7.05 Å². The molecule has 5 rings (SSSR count). The van der Waals surface area contributed by atoms with E-state index in [1.165, 1.54) is 23.8 Å². The predicted octanol–water partition coefficient (Wildman–Crippen LogP) is 5.19. The molecule has 206 valence electrons. The number of aromatic carboxylic acids is 1. The number of hydrogen-bond donors (Lipinski definition) is 1. The number of amides is 1. The molecule has 1 aromatic heterocycles. The highest BCUT2D eigenvalue weighted by molar-refractivity contribution is 6.32. The third-order valence-electron chi connectivity index (χ3n) is 7.83. The molecule has 0 bridgehead atoms. The minimum Gasteiger partial charge on any atom is -0.478 e. The maximum Gasteiger partial charge on any atom is 0.337 e. The van der Waals surface area contributed by atoms with Crippen molar-refractivity contribution in [1.29, 1.82) is 0 Å². The van der Waals surface area contributed by atoms with Gasteiger partial charge in [-0.1, -0.05) is 35.9 Å². The molecule has 2 aliphatic rings. The van der Waals surface area contributed by atoms with Crippen molar-refractivity contribution in [3.63, 3.8) is 0 Å². The molecular weight excluding hydrogens is 528 g/mol. The number of halogens is 3. The molecule has 10 heteroatoms. The lowest BCUT2D eigenvalue weighted by atomic mass is 9.91. The number of rotatable bonds is 6. The molecule has 2 aliphatic heterocycles. The van der Waals surface area contributed by atoms with E-state index in [-0.39, 0.29) is 33.7 Å². The van der Waals surface area contributed by atoms with Gasteiger partial charge in [-0.05, 0) is 42.7 Å². The second-order valence-corrected chi connectivity index (χ2v) is 10.5. The second-order valence-electron chi connectivity index (χ2n) is 10.1. The highest BCUT2D eigenvalue weighted by Gasteiger charge is 2.34. The van der Waals surface area contributed by atoms with Crippen LogP contribution in [0, 0.1) is 6.92 Å². The number of fused-ring (bicyclic) bond motifs is 1. The number of morpholine rings is 1. The number of carboxylic acids is 1. The Balaban J connectivity index is 1.61. The van der Waals surface area contributed by atoms with E-state index >= 15 is 0 Å². The molecule has 0 spiro atoms. The fourth-order valence-electron chi connectivity index (χ4n) is 5.55. The van der Waals surface area contributed by atoms with Gasteiger partial charge in [-0.15, -0.1) is 0 Å². The van der Waals surface area contributed by atoms with Gasteiger partial charge in [-0.2, -0.15) is 0 Å². The summed E-state index contributed by atoms with van der Waals surface area (Å²) in [6, 6.07) is 11.8. The third-order valence-corrected chi connectivity index (χ3v) is 8.16. The summed E-state index contributed by atoms with van der Waals surface area (Å²) < 4.78 is 34.9. The van der Waals surface area contributed by atoms with Gasteiger partial charge in [-0.25, -0.2) is 13.6 Å². The van der Waals surface area contributed by atoms with E-state index in [9.17, 15) is 23.5 Å². The number of ether oxygens (including phenoxy) is 1. The van der Waals surface area contributed by atoms with Gasteiger partial charge >= 0.3 is 5.97 Å². The maximum absolute atomic E-state index is 14.3. The Hall–Kier alpha value is -3.27. The molecule has 1 fully saturated rings. The summed E-state index contributed by atoms with van der Waals surface area (Å²) in [7, 11) is 1.65. The van der Waals surface area contributed by atoms with E-state index < -0.39 is 18.0 Å². The highest BCUT2D eigenvalue weighted by Crippen LogP contribution is 2.37. The van der Waals surface area contributed by atoms with Crippen molar-refractivity contribution in [1.82, 2.24) is 14.4 Å². The first kappa shape index (κ1) is 27.3. The third kappa shape index (κ3) is 5.31. The number of hydrogen-bond acceptors (Lipinski definition) is 4. The van der Waals surface area contributed by atoms with Crippen LogP contribution in [0.25, 0.3) is 11.3 Å². The zero-order chi connectivity index (χ0) is 27.8. The Morgan fingerprint density at radius 1 is 1.10 bits per heavy atom. The topological polar surface area (TPSA) is 75.0 Å². The molecule has 3 aromatic rings. The van der Waals surface area contributed by atoms with Gasteiger partial charge in [0.1, 0.15) is 0 Å². The molecular formula is C29H30ClF2N3O4. The molecule has 39 heavy (non-hydrogen) atoms. The Kier molecular flexibility index (Phi) is 7.75. The molecule has 1 N–H and O–H groups in total. The molecule has 7 nitrogen and oxygen atoms in total. The van der Waals surface area contributed by atoms with Crippen LogP contribution in [0.1, 0.15) is 49.5 Å². The molecule has 1 atom stereocenters. The van der Waals surface area contributed by atoms with E-state index in [0.29, 0.717) is 44.1 Å². The average molecular weight is 558 g/mol. The molecule has 0 unspecified atom stereocenters. The van der Waals surface area contributed by atoms with Crippen LogP contribution in [0.3, 0.4) is 0 Å². The summed E-state index contributed by atoms with van der Waals surface area (Å²) in [5, 5.41) is 9.45. The van der Waals surface area contributed by atoms with Gasteiger partial charge in [0.2, 0.25) is 0 Å². The van der Waals surface area contributed by atoms with Gasteiger partial charge in [-0.3, -0.25) is 9.69 Å². The second kappa shape index (κ2) is 11.1. The highest BCUT2D eigenvalue weighted by atomic mass is 35.5. The first-order valence-corrected chi connectivity index (χ1v) is 13.2. The normalized spacial score (nSPS) is 17.9. The van der Waals surface area contributed by atoms with Crippen LogP contribution in [0.4, 0.5) is 8.78 Å². The molecule has 1 amide bonds. The minimum absolute atomic E-state index is 0.0385. The first-order valence-electron chi connectivity index (χ1n) is 12.8. The van der Waals surface area contributed by atoms with Gasteiger partial charge < -0.3 is 19.3 Å². The SMILES string of the molecule is Cc1c(C(=O)O)cc(-c2cc(C(F)F)c(Cl)cc2C(=O)N2Cc3ccccc3C[C@H]2CN2CCOCC2)n1C. The molecule has 1 saturated heterocycles. The van der Waals surface area contributed by atoms with Gasteiger partial charge in [0.15, 0.2) is 0 Å². The Labute approximate surface area is 230 Å². The van der Waals surface area contributed by atoms with Crippen molar-refractivity contribution in [3.05, 3.63) is 81.0 Å². The molecule has 0 radical (unpaired) electrons. The Morgan fingerprint density at radius 2 is 1.79 bits per heavy atom. The van der Waals surface area contributed by atoms with Crippen LogP contribution in [0.2, 0.25) is 5.02 Å². The number of carbonyl (C=O) groups excluding carboxylic acids is 1. The van der Waals surface area contributed by atoms with Crippen molar-refractivity contribution < 1.29 is 28.2 Å². The molecule has 0 saturated carbocycles. The van der Waals surface area contributed by atoms with Crippen molar-refractivity contribution >= 4 is 23.5 Å². The van der Waals surface area contributed by atoms with Crippen molar-refractivity contribution in [2.75, 3.05) is 32.8 Å². The maximum atomic E-state index is 14.3. The van der Waals surface area contributed by atoms with Crippen molar-refractivity contribution in [2.45, 2.75) is 32.4 Å². The standard InChI is InChI=1S/C29H30ClF2N3O4/c1-17-21(29(37)38)14-26(33(17)2)22-12-24(27(31)32)25(30)13-23(22)28(36)35-15-19-6-4-3-5-18(19)11-20(35)16-34-7-9-39-10-8-34/h3-6,12-14,20,27H,7-11,15-16H2,1-2H3,(H,37,38)/t20-/m0/s1. The van der Waals surface area contributed by atoms with Crippen molar-refractivity contribution in [3.8, 4) is 11.3 Å². The minimum atomic E-state index is -2.86. The van der Waals surface area contributed by atoms with E-state index in [1.807, 2.05) is 18.2 Å². The summed E-state index contributed by atoms with van der Waals surface area (Å²) in [5.74, 6) is -1.47. The largest absolute Gasteiger partial charge is 0.478 e. The number of carbonyl (C=O) groups is 2. The molecule has 2 aromatic carbocycles. The van der Waals surface area contributed by atoms with Crippen LogP contribution in [0.5, 0.6) is 0 Å². The summed E-state index contributed by atoms with van der Waals surface area (Å²) in [4.78, 5) is 30.2. The zero-order valence-electron chi connectivity index (χ0n) is 21.8. The lowest BCUT2D eigenvalue weighted by Crippen LogP contribution is -2.52. The summed E-state index contributed by atoms with van der Waals surface area (Å²) >= 11 is 6.29. The van der Waals surface area contributed by atoms with Crippen LogP contribution >= 0.6 is 11.6 Å². The fraction of sp³-hybridized carbons (Fsp3) is 0.379. The number of alkyl halides is 2. The Morgan fingerprint density at radius 3 is 2.44 bits per heavy atom. The van der Waals surface area contributed by atoms with E-state index in [1.54, 1.807) is 23.4 Å². The lowest BCUT2D eigenvalue weighted by Gasteiger charge is -2.40. The van der Waals surface area contributed by atoms with Crippen LogP contribution in [-0.2, 0) is 24.8 Å². The predicted molar refractivity (Wildman–Crippen MR) is 144 cm³/mol. The fourth-order valence-corrected chi connectivity index (χ4v) is 5.79. The number of carboxylic acid groups (broad SMARTS) is 1. The molecule has 3 heterocycles. The van der Waals surface area contributed by atoms with Gasteiger partial charge in [0.05, 0.1) is 29.4 Å². The van der Waals surface area contributed by atoms with Gasteiger partial charge in [0, 0.05) is 61.8 Å². The van der Waals surface area contributed by atoms with Gasteiger partial charge in [0.25, 0.3) is 12.3 Å². The van der Waals surface area contributed by atoms with E-state index in [4.69, 9.17) is 16.3 Å². The summed E-state index contributed by atoms with van der Waals surface area (Å²) in [6.45, 7) is 5.44. The van der Waals surface area contributed by atoms with E-state index in [0.717, 1.165) is 18.7 Å². The number of nitrogens with zero attached hydrogens (tertiary/aromatic N) is 3. The first-order chi connectivity index (χ1) is 18.7. The molecule has 0 aliphatic carbocycles. The van der Waals surface area contributed by atoms with Crippen LogP contribution < -0.4 is 0 Å². The summed E-state index contributed by atoms with van der Waals surface area (Å²) in [6.07, 6.45) is -2.21.